The monoisotopic (exact) mass is 284 g/mol. The number of nitro benzene ring substituents is 1. The van der Waals surface area contributed by atoms with Gasteiger partial charge in [0.25, 0.3) is 5.69 Å². The number of ether oxygens (including phenoxy) is 1. The quantitative estimate of drug-likeness (QED) is 0.504. The number of benzene rings is 1. The molecule has 0 fully saturated rings. The second-order valence-electron chi connectivity index (χ2n) is 4.17. The van der Waals surface area contributed by atoms with Crippen LogP contribution in [-0.2, 0) is 4.79 Å². The fourth-order valence-electron chi connectivity index (χ4n) is 1.58. The Hall–Kier alpha value is -2.19. The molecule has 0 aliphatic rings. The minimum absolute atomic E-state index is 0.133. The topological polar surface area (TPSA) is 122 Å². The Labute approximate surface area is 115 Å². The number of carbonyl (C=O) groups is 1. The first kappa shape index (κ1) is 15.9. The predicted octanol–water partition coefficient (Wildman–Crippen LogP) is 0.134. The van der Waals surface area contributed by atoms with Crippen molar-refractivity contribution < 1.29 is 24.7 Å². The average molecular weight is 284 g/mol. The van der Waals surface area contributed by atoms with Gasteiger partial charge in [-0.3, -0.25) is 14.9 Å². The third kappa shape index (κ3) is 4.18. The minimum atomic E-state index is -1.38. The molecule has 110 valence electrons. The molecular weight excluding hydrogens is 268 g/mol. The number of rotatable bonds is 6. The van der Waals surface area contributed by atoms with Gasteiger partial charge in [0, 0.05) is 19.5 Å². The van der Waals surface area contributed by atoms with Crippen molar-refractivity contribution in [2.24, 2.45) is 0 Å². The van der Waals surface area contributed by atoms with Gasteiger partial charge in [0.2, 0.25) is 5.91 Å². The summed E-state index contributed by atoms with van der Waals surface area (Å²) < 4.78 is 4.91. The van der Waals surface area contributed by atoms with Crippen LogP contribution in [0.1, 0.15) is 18.6 Å². The molecule has 1 amide bonds. The Bertz CT molecular complexity index is 505. The van der Waals surface area contributed by atoms with Crippen LogP contribution in [0.25, 0.3) is 0 Å². The van der Waals surface area contributed by atoms with Crippen molar-refractivity contribution >= 4 is 11.6 Å². The summed E-state index contributed by atoms with van der Waals surface area (Å²) in [4.78, 5) is 20.9. The summed E-state index contributed by atoms with van der Waals surface area (Å²) in [5.74, 6) is -0.159. The molecule has 0 heterocycles. The van der Waals surface area contributed by atoms with Crippen molar-refractivity contribution in [3.05, 3.63) is 33.9 Å². The number of methoxy groups -OCH3 is 1. The van der Waals surface area contributed by atoms with Crippen LogP contribution in [0, 0.1) is 10.1 Å². The number of nitro groups is 1. The lowest BCUT2D eigenvalue weighted by Crippen LogP contribution is -2.34. The summed E-state index contributed by atoms with van der Waals surface area (Å²) in [6.45, 7) is 1.11. The molecule has 2 unspecified atom stereocenters. The van der Waals surface area contributed by atoms with Gasteiger partial charge in [0.05, 0.1) is 18.1 Å². The fourth-order valence-corrected chi connectivity index (χ4v) is 1.58. The molecule has 0 spiro atoms. The van der Waals surface area contributed by atoms with E-state index in [9.17, 15) is 25.1 Å². The van der Waals surface area contributed by atoms with Crippen LogP contribution in [0.15, 0.2) is 18.2 Å². The highest BCUT2D eigenvalue weighted by atomic mass is 16.6. The van der Waals surface area contributed by atoms with E-state index < -0.39 is 17.1 Å². The lowest BCUT2D eigenvalue weighted by molar-refractivity contribution is -0.385. The molecule has 0 saturated carbocycles. The number of nitrogens with zero attached hydrogens (tertiary/aromatic N) is 1. The zero-order valence-electron chi connectivity index (χ0n) is 11.1. The number of aliphatic hydroxyl groups excluding tert-OH is 2. The first-order chi connectivity index (χ1) is 9.35. The van der Waals surface area contributed by atoms with Crippen LogP contribution in [-0.4, -0.2) is 40.8 Å². The second kappa shape index (κ2) is 6.83. The molecule has 8 heteroatoms. The largest absolute Gasteiger partial charge is 0.496 e. The molecule has 1 aromatic carbocycles. The molecule has 0 bridgehead atoms. The maximum Gasteiger partial charge on any atom is 0.273 e. The number of hydrogen-bond donors (Lipinski definition) is 3. The van der Waals surface area contributed by atoms with Gasteiger partial charge in [-0.25, -0.2) is 0 Å². The number of nitrogens with one attached hydrogen (secondary N) is 1. The van der Waals surface area contributed by atoms with Crippen LogP contribution in [0.4, 0.5) is 5.69 Å². The zero-order chi connectivity index (χ0) is 15.3. The van der Waals surface area contributed by atoms with E-state index in [4.69, 9.17) is 4.74 Å². The lowest BCUT2D eigenvalue weighted by Gasteiger charge is -2.18. The molecule has 0 radical (unpaired) electrons. The standard InChI is InChI=1S/C12H16N2O6/c1-7(15)13-6-11(16)12(17)8-3-9(14(18)19)5-10(4-8)20-2/h3-5,11-12,16-17H,6H2,1-2H3,(H,13,15). The highest BCUT2D eigenvalue weighted by Gasteiger charge is 2.22. The Morgan fingerprint density at radius 3 is 2.60 bits per heavy atom. The molecule has 20 heavy (non-hydrogen) atoms. The first-order valence-electron chi connectivity index (χ1n) is 5.79. The van der Waals surface area contributed by atoms with Gasteiger partial charge in [-0.1, -0.05) is 0 Å². The van der Waals surface area contributed by atoms with E-state index in [2.05, 4.69) is 5.32 Å². The van der Waals surface area contributed by atoms with Gasteiger partial charge in [-0.2, -0.15) is 0 Å². The van der Waals surface area contributed by atoms with Gasteiger partial charge in [-0.15, -0.1) is 0 Å². The second-order valence-corrected chi connectivity index (χ2v) is 4.17. The first-order valence-corrected chi connectivity index (χ1v) is 5.79. The minimum Gasteiger partial charge on any atom is -0.496 e. The van der Waals surface area contributed by atoms with Gasteiger partial charge in [0.1, 0.15) is 18.0 Å². The summed E-state index contributed by atoms with van der Waals surface area (Å²) in [6, 6.07) is 3.73. The molecule has 0 aliphatic heterocycles. The van der Waals surface area contributed by atoms with E-state index in [0.29, 0.717) is 0 Å². The van der Waals surface area contributed by atoms with E-state index in [1.54, 1.807) is 0 Å². The van der Waals surface area contributed by atoms with Crippen molar-refractivity contribution in [2.45, 2.75) is 19.1 Å². The number of carbonyl (C=O) groups excluding carboxylic acids is 1. The Morgan fingerprint density at radius 1 is 1.45 bits per heavy atom. The smallest absolute Gasteiger partial charge is 0.273 e. The van der Waals surface area contributed by atoms with E-state index >= 15 is 0 Å². The number of hydrogen-bond acceptors (Lipinski definition) is 6. The van der Waals surface area contributed by atoms with Crippen LogP contribution >= 0.6 is 0 Å². The highest BCUT2D eigenvalue weighted by Crippen LogP contribution is 2.27. The molecule has 2 atom stereocenters. The van der Waals surface area contributed by atoms with Crippen LogP contribution in [0.2, 0.25) is 0 Å². The Balaban J connectivity index is 2.96. The molecule has 1 rings (SSSR count). The van der Waals surface area contributed by atoms with Gasteiger partial charge in [-0.05, 0) is 11.6 Å². The van der Waals surface area contributed by atoms with Crippen LogP contribution in [0.5, 0.6) is 5.75 Å². The Kier molecular flexibility index (Phi) is 5.42. The zero-order valence-corrected chi connectivity index (χ0v) is 11.1. The van der Waals surface area contributed by atoms with Crippen molar-refractivity contribution in [2.75, 3.05) is 13.7 Å². The average Bonchev–Trinajstić information content (AvgIpc) is 2.43. The van der Waals surface area contributed by atoms with E-state index in [1.807, 2.05) is 0 Å². The third-order valence-corrected chi connectivity index (χ3v) is 2.63. The highest BCUT2D eigenvalue weighted by molar-refractivity contribution is 5.72. The van der Waals surface area contributed by atoms with Crippen LogP contribution < -0.4 is 10.1 Å². The van der Waals surface area contributed by atoms with Crippen LogP contribution in [0.3, 0.4) is 0 Å². The van der Waals surface area contributed by atoms with Gasteiger partial charge < -0.3 is 20.3 Å². The maximum absolute atomic E-state index is 10.8. The Morgan fingerprint density at radius 2 is 2.10 bits per heavy atom. The van der Waals surface area contributed by atoms with Gasteiger partial charge in [0.15, 0.2) is 0 Å². The predicted molar refractivity (Wildman–Crippen MR) is 69.3 cm³/mol. The molecule has 8 nitrogen and oxygen atoms in total. The van der Waals surface area contributed by atoms with E-state index in [-0.39, 0.29) is 29.5 Å². The summed E-state index contributed by atoms with van der Waals surface area (Å²) in [5, 5.41) is 32.8. The van der Waals surface area contributed by atoms with Crippen molar-refractivity contribution in [3.8, 4) is 5.75 Å². The summed E-state index contributed by atoms with van der Waals surface area (Å²) in [6.07, 6.45) is -2.67. The molecule has 1 aromatic rings. The summed E-state index contributed by atoms with van der Waals surface area (Å²) >= 11 is 0. The molecule has 0 aromatic heterocycles. The molecule has 3 N–H and O–H groups in total. The fraction of sp³-hybridized carbons (Fsp3) is 0.417. The number of amides is 1. The maximum atomic E-state index is 10.8. The van der Waals surface area contributed by atoms with Crippen molar-refractivity contribution in [3.63, 3.8) is 0 Å². The normalized spacial score (nSPS) is 13.4. The van der Waals surface area contributed by atoms with Crippen molar-refractivity contribution in [1.29, 1.82) is 0 Å². The number of non-ortho nitro benzene ring substituents is 1. The third-order valence-electron chi connectivity index (χ3n) is 2.63. The molecule has 0 aliphatic carbocycles. The molecular formula is C12H16N2O6. The van der Waals surface area contributed by atoms with Crippen molar-refractivity contribution in [1.82, 2.24) is 5.32 Å². The van der Waals surface area contributed by atoms with E-state index in [0.717, 1.165) is 6.07 Å². The molecule has 0 saturated heterocycles. The summed E-state index contributed by atoms with van der Waals surface area (Å²) in [5.41, 5.74) is -0.126. The summed E-state index contributed by atoms with van der Waals surface area (Å²) in [7, 11) is 1.34. The SMILES string of the molecule is COc1cc(C(O)C(O)CNC(C)=O)cc([N+](=O)[O-])c1. The lowest BCUT2D eigenvalue weighted by atomic mass is 10.0. The number of aliphatic hydroxyl groups is 2. The van der Waals surface area contributed by atoms with E-state index in [1.165, 1.54) is 26.2 Å². The van der Waals surface area contributed by atoms with Gasteiger partial charge >= 0.3 is 0 Å².